The molecule has 0 aromatic heterocycles. The Balaban J connectivity index is 1.97. The highest BCUT2D eigenvalue weighted by Crippen LogP contribution is 1.27. The van der Waals surface area contributed by atoms with Crippen LogP contribution in [0.1, 0.15) is 0 Å². The van der Waals surface area contributed by atoms with Gasteiger partial charge in [-0.05, 0) is 0 Å². The fourth-order valence-corrected chi connectivity index (χ4v) is 0. The Morgan fingerprint density at radius 2 is 2.00 bits per heavy atom. The van der Waals surface area contributed by atoms with Gasteiger partial charge in [0.2, 0.25) is 7.98 Å². The predicted molar refractivity (Wildman–Crippen MR) is 15.7 cm³/mol. The molecule has 0 aromatic carbocycles. The Morgan fingerprint density at radius 1 is 1.75 bits per heavy atom. The summed E-state index contributed by atoms with van der Waals surface area (Å²) in [5, 5.41) is 1.71. The first kappa shape index (κ1) is 4.05. The lowest BCUT2D eigenvalue weighted by atomic mass is 10.5. The lowest BCUT2D eigenvalue weighted by Gasteiger charge is -1.81. The molecule has 0 aliphatic carbocycles. The monoisotopic (exact) mass is 53.0 g/mol. The first-order valence-corrected chi connectivity index (χ1v) is 0.729. The Morgan fingerprint density at radius 3 is 2.00 bits per heavy atom. The molecule has 0 amide bonds. The first-order valence-electron chi connectivity index (χ1n) is 0.729. The van der Waals surface area contributed by atoms with E-state index in [0.29, 0.717) is 0 Å². The van der Waals surface area contributed by atoms with Gasteiger partial charge in [0.25, 0.3) is 0 Å². The van der Waals surface area contributed by atoms with Crippen LogP contribution in [0, 0.1) is 0 Å². The largest absolute Gasteiger partial charge is 0.389 e. The molecule has 0 atom stereocenters. The van der Waals surface area contributed by atoms with Crippen molar-refractivity contribution in [2.75, 3.05) is 0 Å². The van der Waals surface area contributed by atoms with Gasteiger partial charge in [-0.15, -0.1) is 0 Å². The zero-order valence-electron chi connectivity index (χ0n) is 2.06. The van der Waals surface area contributed by atoms with Gasteiger partial charge in [-0.25, -0.2) is 0 Å². The molecule has 18 valence electrons. The zero-order chi connectivity index (χ0) is 3.41. The first-order chi connectivity index (χ1) is 1.91. The maximum atomic E-state index is 4.43. The Kier molecular flexibility index (Phi) is 3.09. The number of rotatable bonds is 1. The van der Waals surface area contributed by atoms with Crippen molar-refractivity contribution >= 4 is 16.0 Å². The van der Waals surface area contributed by atoms with Crippen LogP contribution in [0.25, 0.3) is 0 Å². The van der Waals surface area contributed by atoms with Crippen molar-refractivity contribution in [1.29, 1.82) is 0 Å². The Labute approximate surface area is 27.4 Å². The molecule has 0 aliphatic heterocycles. The molecule has 0 saturated carbocycles. The van der Waals surface area contributed by atoms with Crippen LogP contribution >= 0.6 is 0 Å². The van der Waals surface area contributed by atoms with Gasteiger partial charge in [-0.1, -0.05) is 0 Å². The summed E-state index contributed by atoms with van der Waals surface area (Å²) in [6, 6.07) is 0. The quantitative estimate of drug-likeness (QED) is 0.295. The van der Waals surface area contributed by atoms with Gasteiger partial charge in [0.05, 0.1) is 0 Å². The van der Waals surface area contributed by atoms with Crippen LogP contribution < -0.4 is 5.39 Å². The van der Waals surface area contributed by atoms with E-state index in [-0.39, 0.29) is 0 Å². The van der Waals surface area contributed by atoms with Crippen LogP contribution in [-0.2, 0) is 4.76 Å². The van der Waals surface area contributed by atoms with Crippen LogP contribution in [0.3, 0.4) is 0 Å². The van der Waals surface area contributed by atoms with Gasteiger partial charge in [-0.2, -0.15) is 0 Å². The van der Waals surface area contributed by atoms with Gasteiger partial charge in [0, 0.05) is 0 Å². The minimum Gasteiger partial charge on any atom is -0.389 e. The van der Waals surface area contributed by atoms with Gasteiger partial charge < -0.3 is 4.76 Å². The summed E-state index contributed by atoms with van der Waals surface area (Å²) in [5.41, 5.74) is 0. The number of hydrogen-bond donors (Lipinski definition) is 1. The number of nitrogens with one attached hydrogen (secondary N) is 1. The van der Waals surface area contributed by atoms with E-state index in [1.165, 1.54) is 0 Å². The molecule has 4 heteroatoms. The van der Waals surface area contributed by atoms with E-state index in [9.17, 15) is 0 Å². The van der Waals surface area contributed by atoms with Crippen LogP contribution in [0.2, 0.25) is 0 Å². The van der Waals surface area contributed by atoms with Crippen molar-refractivity contribution in [2.24, 2.45) is 0 Å². The fourth-order valence-electron chi connectivity index (χ4n) is 0. The molecule has 2 nitrogen and oxygen atoms in total. The molecule has 0 aliphatic rings. The molecule has 0 bridgehead atoms. The predicted octanol–water partition coefficient (Wildman–Crippen LogP) is -1.33. The average Bonchev–Trinajstić information content (AvgIpc) is 1.37. The molecule has 0 spiro atoms. The third-order valence-corrected chi connectivity index (χ3v) is 0.0680. The normalized spacial score (nSPS) is 7.00. The summed E-state index contributed by atoms with van der Waals surface area (Å²) in [4.78, 5) is 0. The molecular weight excluding hydrogens is 51.6 g/mol. The van der Waals surface area contributed by atoms with Crippen LogP contribution in [0.15, 0.2) is 0 Å². The standard InChI is InChI=1S/B2HNO/c1-3-4-2/h3H. The van der Waals surface area contributed by atoms with Crippen molar-refractivity contribution < 1.29 is 4.76 Å². The fraction of sp³-hybridized carbons (Fsp3) is 0. The lowest BCUT2D eigenvalue weighted by molar-refractivity contribution is 0.307. The molecule has 0 unspecified atom stereocenters. The Hall–Kier alpha value is 0.0499. The Bertz CT molecular complexity index is 8.00. The third-order valence-electron chi connectivity index (χ3n) is 0.0680. The van der Waals surface area contributed by atoms with E-state index in [2.05, 4.69) is 20.8 Å². The van der Waals surface area contributed by atoms with E-state index in [1.807, 2.05) is 0 Å². The van der Waals surface area contributed by atoms with Crippen LogP contribution in [0.4, 0.5) is 0 Å². The average molecular weight is 52.6 g/mol. The van der Waals surface area contributed by atoms with E-state index in [4.69, 9.17) is 0 Å². The third kappa shape index (κ3) is 2.05. The second kappa shape index (κ2) is 3.05. The molecule has 0 saturated heterocycles. The maximum Gasteiger partial charge on any atom is 0.314 e. The highest BCUT2D eigenvalue weighted by molar-refractivity contribution is 6.06. The molecular formula is HB2NO. The smallest absolute Gasteiger partial charge is 0.314 e. The maximum absolute atomic E-state index is 4.43. The summed E-state index contributed by atoms with van der Waals surface area (Å²) >= 11 is 0. The second-order valence-electron chi connectivity index (χ2n) is 0.236. The SMILES string of the molecule is [B]NO[B]. The molecule has 1 N–H and O–H groups in total. The van der Waals surface area contributed by atoms with E-state index in [0.717, 1.165) is 0 Å². The summed E-state index contributed by atoms with van der Waals surface area (Å²) in [5.74, 6) is 0. The van der Waals surface area contributed by atoms with Gasteiger partial charge in [-0.3, -0.25) is 5.39 Å². The van der Waals surface area contributed by atoms with Gasteiger partial charge in [0.1, 0.15) is 0 Å². The lowest BCUT2D eigenvalue weighted by Crippen LogP contribution is -2.04. The topological polar surface area (TPSA) is 21.3 Å². The molecule has 0 aromatic rings. The highest BCUT2D eigenvalue weighted by atomic mass is 16.6. The van der Waals surface area contributed by atoms with Crippen LogP contribution in [-0.4, -0.2) is 16.0 Å². The summed E-state index contributed by atoms with van der Waals surface area (Å²) in [6.07, 6.45) is 0. The van der Waals surface area contributed by atoms with Gasteiger partial charge in [0.15, 0.2) is 0 Å². The van der Waals surface area contributed by atoms with Gasteiger partial charge >= 0.3 is 8.05 Å². The molecule has 0 heterocycles. The highest BCUT2D eigenvalue weighted by Gasteiger charge is 1.49. The second-order valence-corrected chi connectivity index (χ2v) is 0.236. The van der Waals surface area contributed by atoms with Crippen molar-refractivity contribution in [3.8, 4) is 0 Å². The molecule has 0 fully saturated rings. The minimum atomic E-state index is 1.71. The van der Waals surface area contributed by atoms with Crippen molar-refractivity contribution in [1.82, 2.24) is 5.39 Å². The van der Waals surface area contributed by atoms with Crippen molar-refractivity contribution in [3.05, 3.63) is 0 Å². The molecule has 0 rings (SSSR count). The van der Waals surface area contributed by atoms with E-state index < -0.39 is 0 Å². The van der Waals surface area contributed by atoms with Crippen LogP contribution in [0.5, 0.6) is 0 Å². The number of hydrogen-bond acceptors (Lipinski definition) is 2. The van der Waals surface area contributed by atoms with Crippen molar-refractivity contribution in [3.63, 3.8) is 0 Å². The zero-order valence-corrected chi connectivity index (χ0v) is 2.06. The van der Waals surface area contributed by atoms with E-state index in [1.54, 1.807) is 5.39 Å². The summed E-state index contributed by atoms with van der Waals surface area (Å²) in [7, 11) is 8.72. The van der Waals surface area contributed by atoms with Crippen molar-refractivity contribution in [2.45, 2.75) is 0 Å². The molecule has 4 radical (unpaired) electrons. The van der Waals surface area contributed by atoms with E-state index >= 15 is 0 Å². The summed E-state index contributed by atoms with van der Waals surface area (Å²) in [6.45, 7) is 0. The minimum absolute atomic E-state index is 1.71. The molecule has 4 heavy (non-hydrogen) atoms. The summed E-state index contributed by atoms with van der Waals surface area (Å²) < 4.78 is 3.57.